The first-order valence-corrected chi connectivity index (χ1v) is 13.0. The predicted octanol–water partition coefficient (Wildman–Crippen LogP) is 7.99. The van der Waals surface area contributed by atoms with Crippen molar-refractivity contribution in [3.05, 3.63) is 149 Å². The molecule has 0 radical (unpaired) electrons. The third-order valence-electron chi connectivity index (χ3n) is 6.64. The van der Waals surface area contributed by atoms with E-state index in [0.717, 1.165) is 16.7 Å². The molecular formula is C35H26O5. The number of phenolic OH excluding ortho intramolecular Hbond substituents is 1. The van der Waals surface area contributed by atoms with E-state index in [2.05, 4.69) is 0 Å². The van der Waals surface area contributed by atoms with E-state index in [1.54, 1.807) is 24.3 Å². The second kappa shape index (κ2) is 11.2. The summed E-state index contributed by atoms with van der Waals surface area (Å²) in [6.07, 6.45) is 0. The Labute approximate surface area is 231 Å². The number of aromatic hydroxyl groups is 1. The second-order valence-corrected chi connectivity index (χ2v) is 9.41. The molecule has 6 aromatic rings. The van der Waals surface area contributed by atoms with Gasteiger partial charge in [0, 0.05) is 17.2 Å². The summed E-state index contributed by atoms with van der Waals surface area (Å²) >= 11 is 0. The van der Waals surface area contributed by atoms with Crippen molar-refractivity contribution < 1.29 is 19.0 Å². The zero-order valence-corrected chi connectivity index (χ0v) is 21.6. The van der Waals surface area contributed by atoms with Gasteiger partial charge < -0.3 is 19.0 Å². The Morgan fingerprint density at radius 3 is 1.93 bits per heavy atom. The van der Waals surface area contributed by atoms with Gasteiger partial charge in [-0.05, 0) is 53.1 Å². The highest BCUT2D eigenvalue weighted by atomic mass is 16.5. The fourth-order valence-corrected chi connectivity index (χ4v) is 4.55. The average Bonchev–Trinajstić information content (AvgIpc) is 3.00. The molecule has 0 aliphatic carbocycles. The van der Waals surface area contributed by atoms with E-state index >= 15 is 0 Å². The van der Waals surface area contributed by atoms with Gasteiger partial charge in [-0.3, -0.25) is 4.79 Å². The van der Waals surface area contributed by atoms with Crippen LogP contribution in [0.3, 0.4) is 0 Å². The quantitative estimate of drug-likeness (QED) is 0.218. The first-order valence-electron chi connectivity index (χ1n) is 13.0. The Morgan fingerprint density at radius 2 is 1.23 bits per heavy atom. The third kappa shape index (κ3) is 5.45. The summed E-state index contributed by atoms with van der Waals surface area (Å²) in [5.74, 6) is 1.72. The van der Waals surface area contributed by atoms with Crippen molar-refractivity contribution in [1.82, 2.24) is 0 Å². The average molecular weight is 527 g/mol. The van der Waals surface area contributed by atoms with Crippen LogP contribution in [0.2, 0.25) is 0 Å². The third-order valence-corrected chi connectivity index (χ3v) is 6.64. The van der Waals surface area contributed by atoms with Crippen LogP contribution in [-0.2, 0) is 13.2 Å². The first kappa shape index (κ1) is 25.0. The smallest absolute Gasteiger partial charge is 0.193 e. The van der Waals surface area contributed by atoms with E-state index in [0.29, 0.717) is 52.6 Å². The van der Waals surface area contributed by atoms with Crippen LogP contribution in [0, 0.1) is 0 Å². The van der Waals surface area contributed by atoms with Gasteiger partial charge in [-0.25, -0.2) is 0 Å². The lowest BCUT2D eigenvalue weighted by molar-refractivity contribution is 0.256. The molecule has 5 nitrogen and oxygen atoms in total. The van der Waals surface area contributed by atoms with Crippen LogP contribution in [0.4, 0.5) is 0 Å². The highest BCUT2D eigenvalue weighted by Crippen LogP contribution is 2.35. The number of benzene rings is 5. The first-order chi connectivity index (χ1) is 19.6. The van der Waals surface area contributed by atoms with Crippen LogP contribution in [-0.4, -0.2) is 5.11 Å². The molecule has 0 amide bonds. The summed E-state index contributed by atoms with van der Waals surface area (Å²) in [5.41, 5.74) is 4.44. The summed E-state index contributed by atoms with van der Waals surface area (Å²) in [7, 11) is 0. The van der Waals surface area contributed by atoms with Gasteiger partial charge in [0.2, 0.25) is 0 Å². The standard InChI is InChI=1S/C35H26O5/c36-30-14-8-7-13-28(30)26-15-17-32-29(19-26)31(37)21-34(40-32)27-16-18-33(38-22-24-9-3-1-4-10-24)35(20-27)39-23-25-11-5-2-6-12-25/h1-21,36H,22-23H2. The fraction of sp³-hybridized carbons (Fsp3) is 0.0571. The highest BCUT2D eigenvalue weighted by Gasteiger charge is 2.14. The van der Waals surface area contributed by atoms with Gasteiger partial charge in [0.25, 0.3) is 0 Å². The Balaban J connectivity index is 1.34. The zero-order valence-electron chi connectivity index (χ0n) is 21.6. The molecule has 0 saturated heterocycles. The van der Waals surface area contributed by atoms with Crippen LogP contribution in [0.25, 0.3) is 33.4 Å². The molecular weight excluding hydrogens is 500 g/mol. The van der Waals surface area contributed by atoms with E-state index in [-0.39, 0.29) is 11.2 Å². The van der Waals surface area contributed by atoms with Gasteiger partial charge in [-0.15, -0.1) is 0 Å². The number of para-hydroxylation sites is 1. The molecule has 0 atom stereocenters. The molecule has 0 fully saturated rings. The SMILES string of the molecule is O=c1cc(-c2ccc(OCc3ccccc3)c(OCc3ccccc3)c2)oc2ccc(-c3ccccc3O)cc12. The molecule has 0 bridgehead atoms. The molecule has 6 rings (SSSR count). The zero-order chi connectivity index (χ0) is 27.3. The Bertz CT molecular complexity index is 1820. The largest absolute Gasteiger partial charge is 0.507 e. The lowest BCUT2D eigenvalue weighted by atomic mass is 10.0. The minimum absolute atomic E-state index is 0.153. The molecule has 5 aromatic carbocycles. The van der Waals surface area contributed by atoms with E-state index in [1.807, 2.05) is 97.1 Å². The number of phenols is 1. The molecule has 0 unspecified atom stereocenters. The van der Waals surface area contributed by atoms with E-state index in [9.17, 15) is 9.90 Å². The second-order valence-electron chi connectivity index (χ2n) is 9.41. The summed E-state index contributed by atoms with van der Waals surface area (Å²) in [6.45, 7) is 0.759. The Kier molecular flexibility index (Phi) is 7.01. The maximum Gasteiger partial charge on any atom is 0.193 e. The van der Waals surface area contributed by atoms with Crippen LogP contribution >= 0.6 is 0 Å². The van der Waals surface area contributed by atoms with Crippen LogP contribution in [0.1, 0.15) is 11.1 Å². The van der Waals surface area contributed by atoms with Crippen molar-refractivity contribution in [2.75, 3.05) is 0 Å². The Hall–Kier alpha value is -5.29. The maximum absolute atomic E-state index is 13.2. The summed E-state index contributed by atoms with van der Waals surface area (Å²) in [4.78, 5) is 13.2. The summed E-state index contributed by atoms with van der Waals surface area (Å²) in [5, 5.41) is 10.7. The number of rotatable bonds is 8. The Morgan fingerprint density at radius 1 is 0.600 bits per heavy atom. The molecule has 40 heavy (non-hydrogen) atoms. The van der Waals surface area contributed by atoms with Gasteiger partial charge in [0.1, 0.15) is 30.3 Å². The molecule has 0 aliphatic rings. The number of fused-ring (bicyclic) bond motifs is 1. The minimum atomic E-state index is -0.176. The summed E-state index contributed by atoms with van der Waals surface area (Å²) < 4.78 is 18.5. The number of hydrogen-bond donors (Lipinski definition) is 1. The van der Waals surface area contributed by atoms with Crippen LogP contribution < -0.4 is 14.9 Å². The monoisotopic (exact) mass is 526 g/mol. The predicted molar refractivity (Wildman–Crippen MR) is 157 cm³/mol. The molecule has 1 heterocycles. The van der Waals surface area contributed by atoms with Gasteiger partial charge >= 0.3 is 0 Å². The van der Waals surface area contributed by atoms with Crippen molar-refractivity contribution in [2.24, 2.45) is 0 Å². The molecule has 0 saturated carbocycles. The molecule has 5 heteroatoms. The van der Waals surface area contributed by atoms with Crippen LogP contribution in [0.5, 0.6) is 17.2 Å². The summed E-state index contributed by atoms with van der Waals surface area (Å²) in [6, 6.07) is 39.2. The van der Waals surface area contributed by atoms with Gasteiger partial charge in [-0.1, -0.05) is 84.9 Å². The van der Waals surface area contributed by atoms with Crippen molar-refractivity contribution >= 4 is 11.0 Å². The molecule has 0 spiro atoms. The molecule has 196 valence electrons. The number of hydrogen-bond acceptors (Lipinski definition) is 5. The van der Waals surface area contributed by atoms with Crippen molar-refractivity contribution in [3.8, 4) is 39.7 Å². The highest BCUT2D eigenvalue weighted by molar-refractivity contribution is 5.85. The van der Waals surface area contributed by atoms with Gasteiger partial charge in [0.05, 0.1) is 5.39 Å². The van der Waals surface area contributed by atoms with Crippen molar-refractivity contribution in [1.29, 1.82) is 0 Å². The minimum Gasteiger partial charge on any atom is -0.507 e. The van der Waals surface area contributed by atoms with Crippen molar-refractivity contribution in [2.45, 2.75) is 13.2 Å². The molecule has 1 aromatic heterocycles. The van der Waals surface area contributed by atoms with Gasteiger partial charge in [-0.2, -0.15) is 0 Å². The lowest BCUT2D eigenvalue weighted by Crippen LogP contribution is -2.02. The molecule has 1 N–H and O–H groups in total. The van der Waals surface area contributed by atoms with Gasteiger partial charge in [0.15, 0.2) is 16.9 Å². The van der Waals surface area contributed by atoms with Crippen molar-refractivity contribution in [3.63, 3.8) is 0 Å². The molecule has 0 aliphatic heterocycles. The van der Waals surface area contributed by atoms with E-state index in [4.69, 9.17) is 13.9 Å². The fourth-order valence-electron chi connectivity index (χ4n) is 4.55. The number of ether oxygens (including phenoxy) is 2. The van der Waals surface area contributed by atoms with Crippen LogP contribution in [0.15, 0.2) is 137 Å². The van der Waals surface area contributed by atoms with E-state index < -0.39 is 0 Å². The topological polar surface area (TPSA) is 68.9 Å². The lowest BCUT2D eigenvalue weighted by Gasteiger charge is -2.15. The van der Waals surface area contributed by atoms with E-state index in [1.165, 1.54) is 6.07 Å². The maximum atomic E-state index is 13.2. The normalized spacial score (nSPS) is 10.9.